The number of rotatable bonds is 8. The standard InChI is InChI=1S/C18H16ClIO3S/c1-3-16(21)13-10-15(20)18(17(11-13)22-2)23-9-8-12-4-6-14(24-19)7-5-12/h3-7,10-11H,1,8-9H2,2H3. The van der Waals surface area contributed by atoms with E-state index in [4.69, 9.17) is 20.2 Å². The molecule has 0 radical (unpaired) electrons. The van der Waals surface area contributed by atoms with E-state index in [1.165, 1.54) is 17.1 Å². The second kappa shape index (κ2) is 9.34. The molecule has 0 aliphatic carbocycles. The molecular formula is C18H16ClIO3S. The van der Waals surface area contributed by atoms with Crippen LogP contribution in [0.2, 0.25) is 0 Å². The van der Waals surface area contributed by atoms with E-state index in [2.05, 4.69) is 29.2 Å². The lowest BCUT2D eigenvalue weighted by Gasteiger charge is -2.14. The first-order valence-electron chi connectivity index (χ1n) is 7.13. The number of hydrogen-bond donors (Lipinski definition) is 0. The van der Waals surface area contributed by atoms with Gasteiger partial charge in [-0.05, 0) is 80.2 Å². The molecule has 0 fully saturated rings. The first-order chi connectivity index (χ1) is 11.6. The Morgan fingerprint density at radius 3 is 2.62 bits per heavy atom. The maximum absolute atomic E-state index is 11.8. The monoisotopic (exact) mass is 474 g/mol. The van der Waals surface area contributed by atoms with Gasteiger partial charge in [0.15, 0.2) is 17.3 Å². The number of ketones is 1. The van der Waals surface area contributed by atoms with Gasteiger partial charge in [-0.25, -0.2) is 0 Å². The SMILES string of the molecule is C=CC(=O)c1cc(I)c(OCCc2ccc(SCl)cc2)c(OC)c1. The smallest absolute Gasteiger partial charge is 0.185 e. The third-order valence-electron chi connectivity index (χ3n) is 3.35. The van der Waals surface area contributed by atoms with E-state index in [1.807, 2.05) is 24.3 Å². The molecule has 0 bridgehead atoms. The Labute approximate surface area is 164 Å². The highest BCUT2D eigenvalue weighted by molar-refractivity contribution is 14.1. The molecule has 2 aromatic rings. The normalized spacial score (nSPS) is 10.3. The molecular weight excluding hydrogens is 459 g/mol. The predicted molar refractivity (Wildman–Crippen MR) is 108 cm³/mol. The molecule has 24 heavy (non-hydrogen) atoms. The highest BCUT2D eigenvalue weighted by Crippen LogP contribution is 2.34. The summed E-state index contributed by atoms with van der Waals surface area (Å²) in [6.07, 6.45) is 2.05. The molecule has 0 aliphatic rings. The Balaban J connectivity index is 2.08. The minimum Gasteiger partial charge on any atom is -0.493 e. The second-order valence-electron chi connectivity index (χ2n) is 4.88. The van der Waals surface area contributed by atoms with Crippen LogP contribution in [0.25, 0.3) is 0 Å². The van der Waals surface area contributed by atoms with Gasteiger partial charge < -0.3 is 9.47 Å². The summed E-state index contributed by atoms with van der Waals surface area (Å²) in [7, 11) is 8.46. The van der Waals surface area contributed by atoms with Gasteiger partial charge in [0.05, 0.1) is 17.3 Å². The fourth-order valence-electron chi connectivity index (χ4n) is 2.10. The van der Waals surface area contributed by atoms with Gasteiger partial charge in [-0.3, -0.25) is 4.79 Å². The van der Waals surface area contributed by atoms with Gasteiger partial charge in [0, 0.05) is 16.9 Å². The highest BCUT2D eigenvalue weighted by Gasteiger charge is 2.14. The van der Waals surface area contributed by atoms with Crippen molar-refractivity contribution >= 4 is 50.0 Å². The van der Waals surface area contributed by atoms with E-state index in [9.17, 15) is 4.79 Å². The molecule has 0 aromatic heterocycles. The van der Waals surface area contributed by atoms with Crippen molar-refractivity contribution in [2.45, 2.75) is 11.3 Å². The minimum absolute atomic E-state index is 0.144. The van der Waals surface area contributed by atoms with E-state index in [1.54, 1.807) is 19.2 Å². The highest BCUT2D eigenvalue weighted by atomic mass is 127. The van der Waals surface area contributed by atoms with Crippen molar-refractivity contribution < 1.29 is 14.3 Å². The molecule has 0 saturated heterocycles. The Bertz CT molecular complexity index is 732. The first-order valence-corrected chi connectivity index (χ1v) is 9.85. The molecule has 0 heterocycles. The molecule has 2 aromatic carbocycles. The molecule has 126 valence electrons. The maximum Gasteiger partial charge on any atom is 0.185 e. The molecule has 0 saturated carbocycles. The summed E-state index contributed by atoms with van der Waals surface area (Å²) < 4.78 is 12.1. The summed E-state index contributed by atoms with van der Waals surface area (Å²) in [6.45, 7) is 4.01. The van der Waals surface area contributed by atoms with Gasteiger partial charge in [0.1, 0.15) is 0 Å². The third kappa shape index (κ3) is 4.91. The Morgan fingerprint density at radius 2 is 2.04 bits per heavy atom. The van der Waals surface area contributed by atoms with Gasteiger partial charge in [0.2, 0.25) is 0 Å². The van der Waals surface area contributed by atoms with Gasteiger partial charge in [-0.1, -0.05) is 18.7 Å². The van der Waals surface area contributed by atoms with Crippen molar-refractivity contribution in [1.82, 2.24) is 0 Å². The molecule has 0 unspecified atom stereocenters. The number of benzene rings is 2. The summed E-state index contributed by atoms with van der Waals surface area (Å²) in [6, 6.07) is 11.5. The number of carbonyl (C=O) groups excluding carboxylic acids is 1. The fraction of sp³-hybridized carbons (Fsp3) is 0.167. The number of allylic oxidation sites excluding steroid dienone is 1. The van der Waals surface area contributed by atoms with Crippen LogP contribution in [0, 0.1) is 3.57 Å². The lowest BCUT2D eigenvalue weighted by atomic mass is 10.1. The predicted octanol–water partition coefficient (Wildman–Crippen LogP) is 5.54. The van der Waals surface area contributed by atoms with E-state index < -0.39 is 0 Å². The van der Waals surface area contributed by atoms with E-state index in [0.717, 1.165) is 20.4 Å². The van der Waals surface area contributed by atoms with Gasteiger partial charge in [-0.2, -0.15) is 0 Å². The number of ether oxygens (including phenoxy) is 2. The van der Waals surface area contributed by atoms with Crippen LogP contribution in [0.1, 0.15) is 15.9 Å². The number of halogens is 2. The zero-order valence-electron chi connectivity index (χ0n) is 13.1. The summed E-state index contributed by atoms with van der Waals surface area (Å²) in [5.41, 5.74) is 1.70. The topological polar surface area (TPSA) is 35.5 Å². The van der Waals surface area contributed by atoms with Crippen LogP contribution in [0.5, 0.6) is 11.5 Å². The molecule has 0 spiro atoms. The zero-order valence-corrected chi connectivity index (χ0v) is 16.8. The van der Waals surface area contributed by atoms with Gasteiger partial charge in [0.25, 0.3) is 0 Å². The first kappa shape index (κ1) is 19.1. The van der Waals surface area contributed by atoms with Crippen LogP contribution in [0.4, 0.5) is 0 Å². The average molecular weight is 475 g/mol. The van der Waals surface area contributed by atoms with Gasteiger partial charge in [-0.15, -0.1) is 0 Å². The van der Waals surface area contributed by atoms with Crippen molar-refractivity contribution in [1.29, 1.82) is 0 Å². The summed E-state index contributed by atoms with van der Waals surface area (Å²) in [5, 5.41) is 0. The van der Waals surface area contributed by atoms with E-state index in [-0.39, 0.29) is 5.78 Å². The number of carbonyl (C=O) groups is 1. The third-order valence-corrected chi connectivity index (χ3v) is 5.14. The Morgan fingerprint density at radius 1 is 1.33 bits per heavy atom. The number of methoxy groups -OCH3 is 1. The molecule has 6 heteroatoms. The van der Waals surface area contributed by atoms with Crippen LogP contribution in [-0.2, 0) is 6.42 Å². The molecule has 3 nitrogen and oxygen atoms in total. The lowest BCUT2D eigenvalue weighted by molar-refractivity contribution is 0.104. The summed E-state index contributed by atoms with van der Waals surface area (Å²) in [4.78, 5) is 12.8. The second-order valence-corrected chi connectivity index (χ2v) is 7.13. The van der Waals surface area contributed by atoms with Crippen molar-refractivity contribution in [2.24, 2.45) is 0 Å². The Kier molecular flexibility index (Phi) is 7.45. The summed E-state index contributed by atoms with van der Waals surface area (Å²) in [5.74, 6) is 1.04. The lowest BCUT2D eigenvalue weighted by Crippen LogP contribution is -2.05. The zero-order chi connectivity index (χ0) is 17.5. The quantitative estimate of drug-likeness (QED) is 0.286. The van der Waals surface area contributed by atoms with Gasteiger partial charge >= 0.3 is 0 Å². The molecule has 0 N–H and O–H groups in total. The Hall–Kier alpha value is -1.18. The van der Waals surface area contributed by atoms with Crippen molar-refractivity contribution in [3.8, 4) is 11.5 Å². The van der Waals surface area contributed by atoms with Crippen LogP contribution in [0.3, 0.4) is 0 Å². The van der Waals surface area contributed by atoms with Crippen LogP contribution in [-0.4, -0.2) is 19.5 Å². The number of hydrogen-bond acceptors (Lipinski definition) is 4. The van der Waals surface area contributed by atoms with E-state index >= 15 is 0 Å². The van der Waals surface area contributed by atoms with Crippen LogP contribution in [0.15, 0.2) is 53.9 Å². The fourth-order valence-corrected chi connectivity index (χ4v) is 3.40. The minimum atomic E-state index is -0.144. The molecule has 0 aliphatic heterocycles. The average Bonchev–Trinajstić information content (AvgIpc) is 2.62. The molecule has 2 rings (SSSR count). The molecule has 0 atom stereocenters. The van der Waals surface area contributed by atoms with Crippen LogP contribution < -0.4 is 9.47 Å². The molecule has 0 amide bonds. The van der Waals surface area contributed by atoms with Crippen molar-refractivity contribution in [2.75, 3.05) is 13.7 Å². The van der Waals surface area contributed by atoms with Crippen molar-refractivity contribution in [3.63, 3.8) is 0 Å². The van der Waals surface area contributed by atoms with E-state index in [0.29, 0.717) is 23.7 Å². The van der Waals surface area contributed by atoms with Crippen LogP contribution >= 0.6 is 44.2 Å². The maximum atomic E-state index is 11.8. The van der Waals surface area contributed by atoms with Crippen molar-refractivity contribution in [3.05, 3.63) is 63.8 Å². The summed E-state index contributed by atoms with van der Waals surface area (Å²) >= 11 is 2.14. The largest absolute Gasteiger partial charge is 0.493 e.